The second-order valence-corrected chi connectivity index (χ2v) is 6.47. The molecule has 0 radical (unpaired) electrons. The summed E-state index contributed by atoms with van der Waals surface area (Å²) in [7, 11) is -1.35. The minimum atomic E-state index is -1.35. The first-order chi connectivity index (χ1) is 8.13. The molecule has 1 unspecified atom stereocenters. The molecular weight excluding hydrogens is 236 g/mol. The van der Waals surface area contributed by atoms with E-state index in [1.165, 1.54) is 0 Å². The summed E-state index contributed by atoms with van der Waals surface area (Å²) in [5.74, 6) is -1.13. The first kappa shape index (κ1) is 14.0. The summed E-state index contributed by atoms with van der Waals surface area (Å²) in [4.78, 5) is 21.9. The second kappa shape index (κ2) is 7.27. The van der Waals surface area contributed by atoms with Gasteiger partial charge in [-0.25, -0.2) is 0 Å². The maximum absolute atomic E-state index is 11.2. The van der Waals surface area contributed by atoms with E-state index in [4.69, 9.17) is 0 Å². The van der Waals surface area contributed by atoms with Crippen molar-refractivity contribution in [1.82, 2.24) is 0 Å². The van der Waals surface area contributed by atoms with E-state index in [1.807, 2.05) is 19.1 Å². The largest absolute Gasteiger partial charge is 0.393 e. The van der Waals surface area contributed by atoms with Crippen LogP contribution in [0.5, 0.6) is 0 Å². The van der Waals surface area contributed by atoms with Crippen LogP contribution in [0.25, 0.3) is 0 Å². The number of rotatable bonds is 7. The summed E-state index contributed by atoms with van der Waals surface area (Å²) >= 11 is 0. The SMILES string of the molecule is CC[Si](=O)CCC/C=C/CC1CC(=O)OC1=O. The summed E-state index contributed by atoms with van der Waals surface area (Å²) in [5, 5.41) is 0. The Morgan fingerprint density at radius 2 is 2.18 bits per heavy atom. The Bertz CT molecular complexity index is 335. The zero-order valence-electron chi connectivity index (χ0n) is 10.1. The highest BCUT2D eigenvalue weighted by Gasteiger charge is 2.31. The van der Waals surface area contributed by atoms with Crippen LogP contribution in [-0.4, -0.2) is 20.6 Å². The average molecular weight is 254 g/mol. The van der Waals surface area contributed by atoms with Crippen molar-refractivity contribution in [3.8, 4) is 0 Å². The molecule has 0 spiro atoms. The Morgan fingerprint density at radius 1 is 1.41 bits per heavy atom. The highest BCUT2D eigenvalue weighted by Crippen LogP contribution is 2.19. The van der Waals surface area contributed by atoms with Gasteiger partial charge >= 0.3 is 11.9 Å². The summed E-state index contributed by atoms with van der Waals surface area (Å²) < 4.78 is 15.6. The van der Waals surface area contributed by atoms with Crippen LogP contribution in [0.4, 0.5) is 0 Å². The predicted octanol–water partition coefficient (Wildman–Crippen LogP) is 2.24. The number of allylic oxidation sites excluding steroid dienone is 2. The number of hydrogen-bond acceptors (Lipinski definition) is 4. The van der Waals surface area contributed by atoms with Gasteiger partial charge in [-0.3, -0.25) is 9.59 Å². The van der Waals surface area contributed by atoms with Crippen LogP contribution in [0.15, 0.2) is 12.2 Å². The average Bonchev–Trinajstić information content (AvgIpc) is 2.62. The number of cyclic esters (lactones) is 2. The first-order valence-corrected chi connectivity index (χ1v) is 7.87. The van der Waals surface area contributed by atoms with Crippen molar-refractivity contribution in [2.75, 3.05) is 0 Å². The van der Waals surface area contributed by atoms with Crippen LogP contribution in [-0.2, 0) is 18.8 Å². The van der Waals surface area contributed by atoms with Crippen molar-refractivity contribution in [1.29, 1.82) is 0 Å². The molecule has 1 saturated heterocycles. The van der Waals surface area contributed by atoms with Crippen LogP contribution in [0.1, 0.15) is 32.6 Å². The Morgan fingerprint density at radius 3 is 2.76 bits per heavy atom. The van der Waals surface area contributed by atoms with E-state index in [0.717, 1.165) is 24.9 Å². The molecule has 1 aliphatic rings. The van der Waals surface area contributed by atoms with Gasteiger partial charge in [-0.05, 0) is 31.4 Å². The standard InChI is InChI=1S/C12H18O4Si/c1-2-17(15)8-6-4-3-5-7-10-9-11(13)16-12(10)14/h3,5,10H,2,4,6-9H2,1H3/b5-3+. The Labute approximate surface area is 103 Å². The maximum Gasteiger partial charge on any atom is 0.317 e. The van der Waals surface area contributed by atoms with Crippen molar-refractivity contribution in [3.05, 3.63) is 12.2 Å². The fourth-order valence-corrected chi connectivity index (χ4v) is 2.63. The van der Waals surface area contributed by atoms with E-state index < -0.39 is 20.6 Å². The second-order valence-electron chi connectivity index (χ2n) is 4.19. The molecule has 0 aromatic carbocycles. The highest BCUT2D eigenvalue weighted by molar-refractivity contribution is 6.42. The van der Waals surface area contributed by atoms with Gasteiger partial charge in [0.05, 0.1) is 12.3 Å². The van der Waals surface area contributed by atoms with Gasteiger partial charge in [-0.1, -0.05) is 19.1 Å². The van der Waals surface area contributed by atoms with E-state index in [1.54, 1.807) is 0 Å². The predicted molar refractivity (Wildman–Crippen MR) is 63.9 cm³/mol. The lowest BCUT2D eigenvalue weighted by Crippen LogP contribution is -2.05. The molecular formula is C12H18O4Si. The van der Waals surface area contributed by atoms with Crippen molar-refractivity contribution in [3.63, 3.8) is 0 Å². The van der Waals surface area contributed by atoms with E-state index in [0.29, 0.717) is 6.42 Å². The Kier molecular flexibility index (Phi) is 5.97. The van der Waals surface area contributed by atoms with Gasteiger partial charge in [0.1, 0.15) is 0 Å². The molecule has 0 amide bonds. The molecule has 1 aliphatic heterocycles. The molecule has 17 heavy (non-hydrogen) atoms. The zero-order chi connectivity index (χ0) is 12.7. The number of unbranched alkanes of at least 4 members (excludes halogenated alkanes) is 1. The fraction of sp³-hybridized carbons (Fsp3) is 0.667. The maximum atomic E-state index is 11.2. The molecule has 0 aromatic heterocycles. The minimum Gasteiger partial charge on any atom is -0.393 e. The number of carbonyl (C=O) groups is 2. The third-order valence-corrected chi connectivity index (χ3v) is 4.47. The molecule has 1 rings (SSSR count). The third kappa shape index (κ3) is 5.17. The van der Waals surface area contributed by atoms with Gasteiger partial charge in [-0.2, -0.15) is 0 Å². The van der Waals surface area contributed by atoms with Crippen LogP contribution in [0.3, 0.4) is 0 Å². The third-order valence-electron chi connectivity index (χ3n) is 2.77. The number of carbonyl (C=O) groups excluding carboxylic acids is 2. The molecule has 0 aliphatic carbocycles. The molecule has 0 N–H and O–H groups in total. The van der Waals surface area contributed by atoms with Crippen LogP contribution >= 0.6 is 0 Å². The van der Waals surface area contributed by atoms with E-state index >= 15 is 0 Å². The molecule has 0 saturated carbocycles. The summed E-state index contributed by atoms with van der Waals surface area (Å²) in [6.45, 7) is 1.94. The molecule has 1 heterocycles. The highest BCUT2D eigenvalue weighted by atomic mass is 28.3. The summed E-state index contributed by atoms with van der Waals surface area (Å²) in [5.41, 5.74) is 0. The summed E-state index contributed by atoms with van der Waals surface area (Å²) in [6.07, 6.45) is 6.47. The molecule has 1 fully saturated rings. The van der Waals surface area contributed by atoms with Gasteiger partial charge in [0, 0.05) is 0 Å². The van der Waals surface area contributed by atoms with Crippen LogP contribution in [0, 0.1) is 5.92 Å². The van der Waals surface area contributed by atoms with Crippen molar-refractivity contribution >= 4 is 20.6 Å². The van der Waals surface area contributed by atoms with E-state index in [9.17, 15) is 14.1 Å². The first-order valence-electron chi connectivity index (χ1n) is 6.04. The van der Waals surface area contributed by atoms with Crippen molar-refractivity contribution in [2.45, 2.75) is 44.7 Å². The molecule has 4 nitrogen and oxygen atoms in total. The smallest absolute Gasteiger partial charge is 0.317 e. The van der Waals surface area contributed by atoms with Gasteiger partial charge in [0.2, 0.25) is 0 Å². The topological polar surface area (TPSA) is 60.4 Å². The van der Waals surface area contributed by atoms with Gasteiger partial charge < -0.3 is 9.20 Å². The Balaban J connectivity index is 2.12. The van der Waals surface area contributed by atoms with Gasteiger partial charge in [0.25, 0.3) is 8.68 Å². The number of esters is 2. The Hall–Kier alpha value is -1.10. The molecule has 0 aromatic rings. The van der Waals surface area contributed by atoms with Crippen molar-refractivity contribution < 1.29 is 18.8 Å². The zero-order valence-corrected chi connectivity index (χ0v) is 11.1. The lowest BCUT2D eigenvalue weighted by molar-refractivity contribution is -0.153. The minimum absolute atomic E-state index is 0.201. The lowest BCUT2D eigenvalue weighted by atomic mass is 10.0. The molecule has 0 bridgehead atoms. The lowest BCUT2D eigenvalue weighted by Gasteiger charge is -1.98. The monoisotopic (exact) mass is 254 g/mol. The fourth-order valence-electron chi connectivity index (χ4n) is 1.67. The number of ether oxygens (including phenoxy) is 1. The van der Waals surface area contributed by atoms with Gasteiger partial charge in [0.15, 0.2) is 0 Å². The molecule has 5 heteroatoms. The summed E-state index contributed by atoms with van der Waals surface area (Å²) in [6, 6.07) is 1.58. The normalized spacial score (nSPS) is 19.9. The van der Waals surface area contributed by atoms with E-state index in [-0.39, 0.29) is 12.3 Å². The van der Waals surface area contributed by atoms with Crippen LogP contribution in [0.2, 0.25) is 12.1 Å². The van der Waals surface area contributed by atoms with E-state index in [2.05, 4.69) is 4.74 Å². The van der Waals surface area contributed by atoms with Gasteiger partial charge in [-0.15, -0.1) is 0 Å². The molecule has 1 atom stereocenters. The van der Waals surface area contributed by atoms with Crippen LogP contribution < -0.4 is 0 Å². The molecule has 94 valence electrons. The van der Waals surface area contributed by atoms with Crippen molar-refractivity contribution in [2.24, 2.45) is 5.92 Å². The quantitative estimate of drug-likeness (QED) is 0.230. The number of hydrogen-bond donors (Lipinski definition) is 0.